The molecule has 15 heavy (non-hydrogen) atoms. The zero-order valence-corrected chi connectivity index (χ0v) is 10.8. The van der Waals surface area contributed by atoms with Crippen LogP contribution in [0.25, 0.3) is 0 Å². The van der Waals surface area contributed by atoms with Crippen molar-refractivity contribution < 1.29 is 22.8 Å². The van der Waals surface area contributed by atoms with Crippen LogP contribution in [0, 0.1) is 0 Å². The van der Waals surface area contributed by atoms with Crippen LogP contribution < -0.4 is 4.90 Å². The molecule has 0 radical (unpaired) electrons. The monoisotopic (exact) mass is 300 g/mol. The molecule has 1 rings (SSSR count). The van der Waals surface area contributed by atoms with Gasteiger partial charge in [0.25, 0.3) is 0 Å². The summed E-state index contributed by atoms with van der Waals surface area (Å²) < 4.78 is 27.1. The van der Waals surface area contributed by atoms with Crippen molar-refractivity contribution in [3.8, 4) is 0 Å². The lowest BCUT2D eigenvalue weighted by molar-refractivity contribution is -0.896. The zero-order valence-electron chi connectivity index (χ0n) is 8.37. The predicted octanol–water partition coefficient (Wildman–Crippen LogP) is -1.76. The van der Waals surface area contributed by atoms with Crippen molar-refractivity contribution in [2.45, 2.75) is 0 Å². The Labute approximate surface area is 97.8 Å². The summed E-state index contributed by atoms with van der Waals surface area (Å²) in [5, 5.41) is 0.205. The first-order chi connectivity index (χ1) is 7.03. The van der Waals surface area contributed by atoms with Gasteiger partial charge in [0, 0.05) is 0 Å². The average Bonchev–Trinajstić information content (AvgIpc) is 2.20. The molecule has 0 aromatic heterocycles. The SMILES string of the molecule is O=C(CBr)OCC[NH+]1CCS(=O)(=O)CC1. The van der Waals surface area contributed by atoms with Gasteiger partial charge in [-0.3, -0.25) is 4.79 Å². The van der Waals surface area contributed by atoms with Gasteiger partial charge in [0.15, 0.2) is 9.84 Å². The molecular formula is C8H15BrNO4S+. The number of esters is 1. The molecule has 1 saturated heterocycles. The molecule has 0 aromatic rings. The van der Waals surface area contributed by atoms with Gasteiger partial charge in [0.2, 0.25) is 0 Å². The average molecular weight is 301 g/mol. The maximum atomic E-state index is 11.1. The van der Waals surface area contributed by atoms with E-state index in [4.69, 9.17) is 4.74 Å². The molecule has 5 nitrogen and oxygen atoms in total. The molecule has 0 saturated carbocycles. The van der Waals surface area contributed by atoms with Crippen LogP contribution in [-0.2, 0) is 19.4 Å². The number of halogens is 1. The first kappa shape index (κ1) is 12.9. The lowest BCUT2D eigenvalue weighted by atomic mass is 10.5. The summed E-state index contributed by atoms with van der Waals surface area (Å²) in [6, 6.07) is 0. The molecule has 0 bridgehead atoms. The molecule has 0 unspecified atom stereocenters. The first-order valence-electron chi connectivity index (χ1n) is 4.79. The van der Waals surface area contributed by atoms with Crippen molar-refractivity contribution in [2.75, 3.05) is 43.1 Å². The van der Waals surface area contributed by atoms with E-state index in [1.165, 1.54) is 4.90 Å². The van der Waals surface area contributed by atoms with E-state index in [2.05, 4.69) is 15.9 Å². The molecule has 0 aromatic carbocycles. The number of nitrogens with one attached hydrogen (secondary N) is 1. The Morgan fingerprint density at radius 3 is 2.47 bits per heavy atom. The van der Waals surface area contributed by atoms with Crippen LogP contribution >= 0.6 is 15.9 Å². The van der Waals surface area contributed by atoms with Crippen molar-refractivity contribution in [2.24, 2.45) is 0 Å². The molecule has 1 N–H and O–H groups in total. The maximum Gasteiger partial charge on any atom is 0.316 e. The Hall–Kier alpha value is -0.140. The third-order valence-electron chi connectivity index (χ3n) is 2.36. The van der Waals surface area contributed by atoms with Crippen LogP contribution in [0.2, 0.25) is 0 Å². The Morgan fingerprint density at radius 2 is 1.93 bits per heavy atom. The van der Waals surface area contributed by atoms with E-state index >= 15 is 0 Å². The van der Waals surface area contributed by atoms with Crippen molar-refractivity contribution in [3.05, 3.63) is 0 Å². The second-order valence-corrected chi connectivity index (χ2v) is 6.37. The minimum atomic E-state index is -2.80. The van der Waals surface area contributed by atoms with Crippen molar-refractivity contribution >= 4 is 31.7 Å². The lowest BCUT2D eigenvalue weighted by Gasteiger charge is -2.23. The fourth-order valence-corrected chi connectivity index (χ4v) is 2.99. The van der Waals surface area contributed by atoms with Crippen LogP contribution in [0.4, 0.5) is 0 Å². The van der Waals surface area contributed by atoms with Crippen LogP contribution in [0.3, 0.4) is 0 Å². The van der Waals surface area contributed by atoms with Gasteiger partial charge in [-0.1, -0.05) is 15.9 Å². The largest absolute Gasteiger partial charge is 0.459 e. The summed E-state index contributed by atoms with van der Waals surface area (Å²) in [5.41, 5.74) is 0. The van der Waals surface area contributed by atoms with E-state index in [-0.39, 0.29) is 22.8 Å². The molecule has 0 aliphatic carbocycles. The normalized spacial score (nSPS) is 21.1. The summed E-state index contributed by atoms with van der Waals surface area (Å²) in [7, 11) is -2.80. The molecule has 0 spiro atoms. The van der Waals surface area contributed by atoms with Gasteiger partial charge in [0.1, 0.15) is 18.5 Å². The molecule has 7 heteroatoms. The molecule has 0 amide bonds. The number of rotatable bonds is 4. The highest BCUT2D eigenvalue weighted by Crippen LogP contribution is 1.90. The highest BCUT2D eigenvalue weighted by Gasteiger charge is 2.24. The van der Waals surface area contributed by atoms with Gasteiger partial charge in [-0.15, -0.1) is 0 Å². The molecule has 88 valence electrons. The Bertz CT molecular complexity index is 303. The number of hydrogen-bond acceptors (Lipinski definition) is 4. The number of quaternary nitrogens is 1. The van der Waals surface area contributed by atoms with Crippen LogP contribution in [0.15, 0.2) is 0 Å². The number of carbonyl (C=O) groups is 1. The number of alkyl halides is 1. The van der Waals surface area contributed by atoms with Crippen LogP contribution in [-0.4, -0.2) is 57.5 Å². The molecule has 1 fully saturated rings. The van der Waals surface area contributed by atoms with Gasteiger partial charge < -0.3 is 9.64 Å². The highest BCUT2D eigenvalue weighted by atomic mass is 79.9. The third-order valence-corrected chi connectivity index (χ3v) is 4.47. The predicted molar refractivity (Wildman–Crippen MR) is 59.0 cm³/mol. The fraction of sp³-hybridized carbons (Fsp3) is 0.875. The van der Waals surface area contributed by atoms with E-state index in [0.717, 1.165) is 0 Å². The zero-order chi connectivity index (χ0) is 11.3. The summed E-state index contributed by atoms with van der Waals surface area (Å²) in [4.78, 5) is 12.0. The third kappa shape index (κ3) is 4.94. The van der Waals surface area contributed by atoms with Gasteiger partial charge in [-0.05, 0) is 0 Å². The number of carbonyl (C=O) groups excluding carboxylic acids is 1. The summed E-state index contributed by atoms with van der Waals surface area (Å²) in [5.74, 6) is 0.211. The lowest BCUT2D eigenvalue weighted by Crippen LogP contribution is -3.14. The maximum absolute atomic E-state index is 11.1. The fourth-order valence-electron chi connectivity index (χ4n) is 1.42. The van der Waals surface area contributed by atoms with E-state index in [1.54, 1.807) is 0 Å². The topological polar surface area (TPSA) is 64.9 Å². The Balaban J connectivity index is 2.17. The second-order valence-electron chi connectivity index (χ2n) is 3.51. The number of ether oxygens (including phenoxy) is 1. The minimum Gasteiger partial charge on any atom is -0.459 e. The van der Waals surface area contributed by atoms with E-state index in [1.807, 2.05) is 0 Å². The van der Waals surface area contributed by atoms with Crippen molar-refractivity contribution in [1.29, 1.82) is 0 Å². The summed E-state index contributed by atoms with van der Waals surface area (Å²) in [6.07, 6.45) is 0. The van der Waals surface area contributed by atoms with Gasteiger partial charge in [-0.2, -0.15) is 0 Å². The molecule has 0 atom stereocenters. The molecular weight excluding hydrogens is 286 g/mol. The van der Waals surface area contributed by atoms with Crippen LogP contribution in [0.1, 0.15) is 0 Å². The minimum absolute atomic E-state index is 0.205. The van der Waals surface area contributed by atoms with E-state index in [9.17, 15) is 13.2 Å². The van der Waals surface area contributed by atoms with Gasteiger partial charge in [0.05, 0.1) is 24.6 Å². The summed E-state index contributed by atoms with van der Waals surface area (Å²) >= 11 is 3.00. The van der Waals surface area contributed by atoms with Gasteiger partial charge in [-0.25, -0.2) is 8.42 Å². The van der Waals surface area contributed by atoms with Crippen molar-refractivity contribution in [1.82, 2.24) is 0 Å². The van der Waals surface area contributed by atoms with Crippen LogP contribution in [0.5, 0.6) is 0 Å². The Kier molecular flexibility index (Phi) is 5.01. The molecule has 1 aliphatic heterocycles. The number of hydrogen-bond donors (Lipinski definition) is 1. The molecule has 1 heterocycles. The molecule has 1 aliphatic rings. The smallest absolute Gasteiger partial charge is 0.316 e. The van der Waals surface area contributed by atoms with E-state index in [0.29, 0.717) is 26.2 Å². The van der Waals surface area contributed by atoms with Gasteiger partial charge >= 0.3 is 5.97 Å². The highest BCUT2D eigenvalue weighted by molar-refractivity contribution is 9.09. The van der Waals surface area contributed by atoms with Crippen molar-refractivity contribution in [3.63, 3.8) is 0 Å². The summed E-state index contributed by atoms with van der Waals surface area (Å²) in [6.45, 7) is 2.29. The number of sulfone groups is 1. The van der Waals surface area contributed by atoms with E-state index < -0.39 is 9.84 Å². The standard InChI is InChI=1S/C8H14BrNO4S/c9-7-8(11)14-4-1-10-2-5-15(12,13)6-3-10/h1-7H2/p+1. The second kappa shape index (κ2) is 5.81. The quantitative estimate of drug-likeness (QED) is 0.493. The first-order valence-corrected chi connectivity index (χ1v) is 7.73. The Morgan fingerprint density at radius 1 is 1.33 bits per heavy atom.